The van der Waals surface area contributed by atoms with Crippen LogP contribution in [0.25, 0.3) is 22.6 Å². The van der Waals surface area contributed by atoms with E-state index in [0.717, 1.165) is 16.8 Å². The molecule has 0 fully saturated rings. The van der Waals surface area contributed by atoms with Crippen molar-refractivity contribution >= 4 is 5.65 Å². The Morgan fingerprint density at radius 3 is 2.56 bits per heavy atom. The summed E-state index contributed by atoms with van der Waals surface area (Å²) in [6.45, 7) is 2.03. The van der Waals surface area contributed by atoms with Crippen molar-refractivity contribution in [2.45, 2.75) is 6.92 Å². The lowest BCUT2D eigenvalue weighted by molar-refractivity contribution is 0.412. The summed E-state index contributed by atoms with van der Waals surface area (Å²) in [5.74, 6) is 0.639. The highest BCUT2D eigenvalue weighted by Crippen LogP contribution is 2.23. The van der Waals surface area contributed by atoms with Crippen LogP contribution in [-0.2, 0) is 0 Å². The van der Waals surface area contributed by atoms with Gasteiger partial charge >= 0.3 is 0 Å². The third-order valence-electron chi connectivity index (χ3n) is 4.28. The Hall–Kier alpha value is -3.34. The first-order valence-electron chi connectivity index (χ1n) is 7.99. The van der Waals surface area contributed by atoms with E-state index in [1.54, 1.807) is 22.3 Å². The van der Waals surface area contributed by atoms with E-state index in [2.05, 4.69) is 4.98 Å². The first kappa shape index (κ1) is 15.2. The Morgan fingerprint density at radius 2 is 1.76 bits per heavy atom. The lowest BCUT2D eigenvalue weighted by Crippen LogP contribution is -2.20. The number of hydrogen-bond acceptors (Lipinski definition) is 3. The summed E-state index contributed by atoms with van der Waals surface area (Å²) >= 11 is 0. The van der Waals surface area contributed by atoms with Gasteiger partial charge in [0.05, 0.1) is 18.5 Å². The number of aryl methyl sites for hydroxylation is 1. The molecule has 4 rings (SSSR count). The minimum absolute atomic E-state index is 0.188. The van der Waals surface area contributed by atoms with Crippen LogP contribution >= 0.6 is 0 Å². The molecule has 0 aliphatic rings. The molecule has 0 radical (unpaired) electrons. The Bertz CT molecular complexity index is 1130. The number of aromatic nitrogens is 3. The summed E-state index contributed by atoms with van der Waals surface area (Å²) in [4.78, 5) is 17.5. The van der Waals surface area contributed by atoms with E-state index in [-0.39, 0.29) is 5.56 Å². The van der Waals surface area contributed by atoms with E-state index in [4.69, 9.17) is 4.74 Å². The second-order valence-electron chi connectivity index (χ2n) is 5.82. The summed E-state index contributed by atoms with van der Waals surface area (Å²) < 4.78 is 8.69. The van der Waals surface area contributed by atoms with Crippen LogP contribution in [0.1, 0.15) is 5.56 Å². The van der Waals surface area contributed by atoms with Crippen molar-refractivity contribution in [2.75, 3.05) is 7.11 Å². The van der Waals surface area contributed by atoms with Crippen LogP contribution in [0.3, 0.4) is 0 Å². The fraction of sp³-hybridized carbons (Fsp3) is 0.100. The third-order valence-corrected chi connectivity index (χ3v) is 4.28. The molecule has 2 aromatic carbocycles. The van der Waals surface area contributed by atoms with E-state index < -0.39 is 0 Å². The highest BCUT2D eigenvalue weighted by atomic mass is 16.5. The van der Waals surface area contributed by atoms with Gasteiger partial charge in [-0.15, -0.1) is 0 Å². The van der Waals surface area contributed by atoms with E-state index in [1.807, 2.05) is 67.8 Å². The maximum absolute atomic E-state index is 13.0. The third kappa shape index (κ3) is 2.50. The standard InChI is InChI=1S/C20H17N3O2/c1-14-7-3-4-8-15(14)16-13-22-11-12-23(20(24)19(22)21-16)17-9-5-6-10-18(17)25-2/h3-13H,1-2H3. The van der Waals surface area contributed by atoms with Gasteiger partial charge in [0.25, 0.3) is 5.56 Å². The molecule has 0 amide bonds. The average Bonchev–Trinajstić information content (AvgIpc) is 3.07. The molecule has 2 aromatic heterocycles. The molecule has 25 heavy (non-hydrogen) atoms. The minimum atomic E-state index is -0.188. The van der Waals surface area contributed by atoms with Gasteiger partial charge < -0.3 is 9.14 Å². The molecule has 0 aliphatic heterocycles. The molecule has 0 atom stereocenters. The van der Waals surface area contributed by atoms with Crippen molar-refractivity contribution in [1.82, 2.24) is 14.0 Å². The second kappa shape index (κ2) is 5.94. The molecule has 124 valence electrons. The van der Waals surface area contributed by atoms with Gasteiger partial charge in [-0.05, 0) is 24.6 Å². The molecule has 2 heterocycles. The molecular formula is C20H17N3O2. The number of benzene rings is 2. The number of hydrogen-bond donors (Lipinski definition) is 0. The molecule has 0 bridgehead atoms. The molecule has 0 saturated carbocycles. The van der Waals surface area contributed by atoms with E-state index in [0.29, 0.717) is 17.1 Å². The molecule has 0 unspecified atom stereocenters. The Labute approximate surface area is 144 Å². The Balaban J connectivity index is 1.92. The van der Waals surface area contributed by atoms with Crippen molar-refractivity contribution in [3.63, 3.8) is 0 Å². The smallest absolute Gasteiger partial charge is 0.298 e. The van der Waals surface area contributed by atoms with Crippen molar-refractivity contribution in [2.24, 2.45) is 0 Å². The maximum atomic E-state index is 13.0. The monoisotopic (exact) mass is 331 g/mol. The average molecular weight is 331 g/mol. The number of methoxy groups -OCH3 is 1. The van der Waals surface area contributed by atoms with Gasteiger partial charge in [-0.25, -0.2) is 4.98 Å². The number of nitrogens with zero attached hydrogens (tertiary/aromatic N) is 3. The topological polar surface area (TPSA) is 48.5 Å². The second-order valence-corrected chi connectivity index (χ2v) is 5.82. The van der Waals surface area contributed by atoms with Gasteiger partial charge in [-0.2, -0.15) is 0 Å². The molecule has 4 aromatic rings. The van der Waals surface area contributed by atoms with Crippen LogP contribution in [0.15, 0.2) is 71.9 Å². The molecule has 0 saturated heterocycles. The highest BCUT2D eigenvalue weighted by Gasteiger charge is 2.13. The van der Waals surface area contributed by atoms with E-state index in [9.17, 15) is 4.79 Å². The van der Waals surface area contributed by atoms with Crippen molar-refractivity contribution in [3.8, 4) is 22.7 Å². The zero-order valence-corrected chi connectivity index (χ0v) is 14.0. The molecular weight excluding hydrogens is 314 g/mol. The lowest BCUT2D eigenvalue weighted by atomic mass is 10.1. The van der Waals surface area contributed by atoms with Gasteiger partial charge in [0.2, 0.25) is 5.65 Å². The molecule has 5 nitrogen and oxygen atoms in total. The van der Waals surface area contributed by atoms with E-state index in [1.165, 1.54) is 0 Å². The van der Waals surface area contributed by atoms with Crippen LogP contribution in [0.2, 0.25) is 0 Å². The van der Waals surface area contributed by atoms with Crippen molar-refractivity contribution in [3.05, 3.63) is 83.0 Å². The van der Waals surface area contributed by atoms with Crippen LogP contribution in [0.5, 0.6) is 5.75 Å². The van der Waals surface area contributed by atoms with Crippen LogP contribution in [0, 0.1) is 6.92 Å². The first-order valence-corrected chi connectivity index (χ1v) is 7.99. The fourth-order valence-corrected chi connectivity index (χ4v) is 2.99. The summed E-state index contributed by atoms with van der Waals surface area (Å²) in [7, 11) is 1.59. The number of imidazole rings is 1. The van der Waals surface area contributed by atoms with Gasteiger partial charge in [0.15, 0.2) is 0 Å². The predicted octanol–water partition coefficient (Wildman–Crippen LogP) is 3.47. The Kier molecular flexibility index (Phi) is 3.61. The van der Waals surface area contributed by atoms with Gasteiger partial charge in [-0.1, -0.05) is 36.4 Å². The number of rotatable bonds is 3. The SMILES string of the molecule is COc1ccccc1-n1ccn2cc(-c3ccccc3C)nc2c1=O. The van der Waals surface area contributed by atoms with Crippen molar-refractivity contribution in [1.29, 1.82) is 0 Å². The van der Waals surface area contributed by atoms with Crippen LogP contribution in [-0.4, -0.2) is 21.1 Å². The minimum Gasteiger partial charge on any atom is -0.495 e. The Morgan fingerprint density at radius 1 is 1.00 bits per heavy atom. The zero-order valence-electron chi connectivity index (χ0n) is 14.0. The maximum Gasteiger partial charge on any atom is 0.298 e. The summed E-state index contributed by atoms with van der Waals surface area (Å²) in [6, 6.07) is 15.4. The first-order chi connectivity index (χ1) is 12.2. The highest BCUT2D eigenvalue weighted by molar-refractivity contribution is 5.66. The summed E-state index contributed by atoms with van der Waals surface area (Å²) in [5.41, 5.74) is 3.81. The normalized spacial score (nSPS) is 11.0. The fourth-order valence-electron chi connectivity index (χ4n) is 2.99. The van der Waals surface area contributed by atoms with Gasteiger partial charge in [-0.3, -0.25) is 9.36 Å². The lowest BCUT2D eigenvalue weighted by Gasteiger charge is -2.10. The largest absolute Gasteiger partial charge is 0.495 e. The molecule has 5 heteroatoms. The molecule has 0 aliphatic carbocycles. The number of para-hydroxylation sites is 2. The van der Waals surface area contributed by atoms with E-state index >= 15 is 0 Å². The molecule has 0 N–H and O–H groups in total. The molecule has 0 spiro atoms. The summed E-state index contributed by atoms with van der Waals surface area (Å²) in [6.07, 6.45) is 5.44. The predicted molar refractivity (Wildman–Crippen MR) is 97.5 cm³/mol. The number of fused-ring (bicyclic) bond motifs is 1. The number of ether oxygens (including phenoxy) is 1. The van der Waals surface area contributed by atoms with Crippen LogP contribution in [0.4, 0.5) is 0 Å². The van der Waals surface area contributed by atoms with Gasteiger partial charge in [0.1, 0.15) is 5.75 Å². The summed E-state index contributed by atoms with van der Waals surface area (Å²) in [5, 5.41) is 0. The quantitative estimate of drug-likeness (QED) is 0.577. The van der Waals surface area contributed by atoms with Crippen molar-refractivity contribution < 1.29 is 4.74 Å². The van der Waals surface area contributed by atoms with Crippen LogP contribution < -0.4 is 10.3 Å². The zero-order chi connectivity index (χ0) is 17.4. The van der Waals surface area contributed by atoms with Gasteiger partial charge in [0, 0.05) is 24.2 Å².